The minimum Gasteiger partial charge on any atom is -0.459 e. The summed E-state index contributed by atoms with van der Waals surface area (Å²) in [5, 5.41) is 0. The number of carbonyl (C=O) groups excluding carboxylic acids is 1. The van der Waals surface area contributed by atoms with Crippen molar-refractivity contribution in [1.29, 1.82) is 0 Å². The molecule has 0 amide bonds. The quantitative estimate of drug-likeness (QED) is 0.649. The second kappa shape index (κ2) is 5.27. The Morgan fingerprint density at radius 2 is 1.86 bits per heavy atom. The summed E-state index contributed by atoms with van der Waals surface area (Å²) in [6.07, 6.45) is 0.603. The number of esters is 1. The molecule has 4 heteroatoms. The van der Waals surface area contributed by atoms with E-state index in [2.05, 4.69) is 4.74 Å². The van der Waals surface area contributed by atoms with E-state index in [1.165, 1.54) is 13.8 Å². The maximum Gasteiger partial charge on any atom is 0.308 e. The third-order valence-electron chi connectivity index (χ3n) is 2.27. The molecule has 0 aromatic rings. The van der Waals surface area contributed by atoms with Gasteiger partial charge in [-0.05, 0) is 6.42 Å². The van der Waals surface area contributed by atoms with Gasteiger partial charge in [-0.3, -0.25) is 4.79 Å². The molecule has 1 unspecified atom stereocenters. The molecule has 0 saturated heterocycles. The number of carbonyl (C=O) groups is 1. The van der Waals surface area contributed by atoms with E-state index in [0.717, 1.165) is 0 Å². The summed E-state index contributed by atoms with van der Waals surface area (Å²) in [6, 6.07) is 0. The van der Waals surface area contributed by atoms with Gasteiger partial charge in [0.25, 0.3) is 5.92 Å². The maximum atomic E-state index is 13.0. The van der Waals surface area contributed by atoms with Gasteiger partial charge in [0.2, 0.25) is 0 Å². The molecule has 0 fully saturated rings. The molecule has 0 aliphatic carbocycles. The number of rotatable bonds is 5. The Morgan fingerprint density at radius 1 is 1.36 bits per heavy atom. The van der Waals surface area contributed by atoms with Crippen molar-refractivity contribution in [2.45, 2.75) is 40.0 Å². The van der Waals surface area contributed by atoms with E-state index in [0.29, 0.717) is 6.42 Å². The van der Waals surface area contributed by atoms with Crippen LogP contribution in [0.15, 0.2) is 0 Å². The van der Waals surface area contributed by atoms with Gasteiger partial charge < -0.3 is 4.74 Å². The Hall–Kier alpha value is -0.670. The highest BCUT2D eigenvalue weighted by Gasteiger charge is 2.35. The largest absolute Gasteiger partial charge is 0.459 e. The Bertz CT molecular complexity index is 191. The Morgan fingerprint density at radius 3 is 2.21 bits per heavy atom. The Kier molecular flexibility index (Phi) is 5.02. The summed E-state index contributed by atoms with van der Waals surface area (Å²) < 4.78 is 30.5. The molecule has 0 spiro atoms. The lowest BCUT2D eigenvalue weighted by Crippen LogP contribution is -2.32. The van der Waals surface area contributed by atoms with Crippen LogP contribution >= 0.6 is 0 Å². The van der Waals surface area contributed by atoms with Crippen LogP contribution in [-0.2, 0) is 9.53 Å². The monoisotopic (exact) mass is 208 g/mol. The molecule has 0 N–H and O–H groups in total. The number of halogens is 2. The molecule has 0 saturated carbocycles. The highest BCUT2D eigenvalue weighted by Crippen LogP contribution is 2.24. The van der Waals surface area contributed by atoms with Crippen LogP contribution in [0.2, 0.25) is 0 Å². The first-order valence-corrected chi connectivity index (χ1v) is 4.85. The molecule has 0 aliphatic rings. The summed E-state index contributed by atoms with van der Waals surface area (Å²) in [5.41, 5.74) is 0. The minimum absolute atomic E-state index is 0.307. The van der Waals surface area contributed by atoms with Crippen LogP contribution < -0.4 is 0 Å². The second-order valence-electron chi connectivity index (χ2n) is 3.83. The van der Waals surface area contributed by atoms with E-state index >= 15 is 0 Å². The van der Waals surface area contributed by atoms with E-state index in [1.54, 1.807) is 6.92 Å². The molecule has 0 radical (unpaired) electrons. The smallest absolute Gasteiger partial charge is 0.308 e. The van der Waals surface area contributed by atoms with Crippen LogP contribution in [0.25, 0.3) is 0 Å². The van der Waals surface area contributed by atoms with Crippen molar-refractivity contribution in [2.24, 2.45) is 11.8 Å². The zero-order chi connectivity index (χ0) is 11.4. The zero-order valence-electron chi connectivity index (χ0n) is 9.14. The van der Waals surface area contributed by atoms with Gasteiger partial charge in [-0.1, -0.05) is 27.7 Å². The molecule has 1 atom stereocenters. The number of hydrogen-bond donors (Lipinski definition) is 0. The van der Waals surface area contributed by atoms with Gasteiger partial charge in [0.05, 0.1) is 5.92 Å². The lowest BCUT2D eigenvalue weighted by Gasteiger charge is -2.20. The van der Waals surface area contributed by atoms with Gasteiger partial charge in [0.1, 0.15) is 0 Å². The van der Waals surface area contributed by atoms with Crippen molar-refractivity contribution >= 4 is 5.97 Å². The van der Waals surface area contributed by atoms with Gasteiger partial charge in [-0.15, -0.1) is 0 Å². The standard InChI is InChI=1S/C10H18F2O2/c1-5-8(4)9(13)14-6-10(11,12)7(2)3/h7-8H,5-6H2,1-4H3. The summed E-state index contributed by atoms with van der Waals surface area (Å²) in [4.78, 5) is 11.1. The summed E-state index contributed by atoms with van der Waals surface area (Å²) in [5.74, 6) is -4.60. The van der Waals surface area contributed by atoms with Crippen molar-refractivity contribution in [2.75, 3.05) is 6.61 Å². The van der Waals surface area contributed by atoms with Crippen LogP contribution in [0, 0.1) is 11.8 Å². The first-order chi connectivity index (χ1) is 6.31. The van der Waals surface area contributed by atoms with E-state index < -0.39 is 24.4 Å². The lowest BCUT2D eigenvalue weighted by atomic mass is 10.1. The average Bonchev–Trinajstić information content (AvgIpc) is 2.12. The molecule has 0 rings (SSSR count). The third kappa shape index (κ3) is 4.03. The molecule has 0 aliphatic heterocycles. The van der Waals surface area contributed by atoms with Crippen molar-refractivity contribution < 1.29 is 18.3 Å². The topological polar surface area (TPSA) is 26.3 Å². The molecule has 0 aromatic heterocycles. The van der Waals surface area contributed by atoms with Crippen molar-refractivity contribution in [1.82, 2.24) is 0 Å². The van der Waals surface area contributed by atoms with Crippen molar-refractivity contribution in [3.63, 3.8) is 0 Å². The fourth-order valence-electron chi connectivity index (χ4n) is 0.643. The van der Waals surface area contributed by atoms with Crippen LogP contribution in [0.3, 0.4) is 0 Å². The molecule has 2 nitrogen and oxygen atoms in total. The van der Waals surface area contributed by atoms with Crippen LogP contribution in [-0.4, -0.2) is 18.5 Å². The average molecular weight is 208 g/mol. The first kappa shape index (κ1) is 13.3. The van der Waals surface area contributed by atoms with E-state index in [4.69, 9.17) is 0 Å². The lowest BCUT2D eigenvalue weighted by molar-refractivity contribution is -0.164. The van der Waals surface area contributed by atoms with E-state index in [1.807, 2.05) is 6.92 Å². The molecule has 0 aromatic carbocycles. The molecule has 14 heavy (non-hydrogen) atoms. The van der Waals surface area contributed by atoms with Gasteiger partial charge in [0, 0.05) is 5.92 Å². The van der Waals surface area contributed by atoms with E-state index in [-0.39, 0.29) is 5.92 Å². The van der Waals surface area contributed by atoms with Crippen LogP contribution in [0.5, 0.6) is 0 Å². The van der Waals surface area contributed by atoms with Crippen LogP contribution in [0.4, 0.5) is 8.78 Å². The fraction of sp³-hybridized carbons (Fsp3) is 0.900. The number of ether oxygens (including phenoxy) is 1. The van der Waals surface area contributed by atoms with Crippen LogP contribution in [0.1, 0.15) is 34.1 Å². The van der Waals surface area contributed by atoms with E-state index in [9.17, 15) is 13.6 Å². The fourth-order valence-corrected chi connectivity index (χ4v) is 0.643. The zero-order valence-corrected chi connectivity index (χ0v) is 9.14. The maximum absolute atomic E-state index is 13.0. The molecule has 0 bridgehead atoms. The van der Waals surface area contributed by atoms with Crippen molar-refractivity contribution in [3.8, 4) is 0 Å². The molecular formula is C10H18F2O2. The predicted octanol–water partition coefficient (Wildman–Crippen LogP) is 2.87. The summed E-state index contributed by atoms with van der Waals surface area (Å²) in [7, 11) is 0. The first-order valence-electron chi connectivity index (χ1n) is 4.85. The summed E-state index contributed by atoms with van der Waals surface area (Å²) in [6.45, 7) is 5.46. The van der Waals surface area contributed by atoms with Crippen molar-refractivity contribution in [3.05, 3.63) is 0 Å². The number of alkyl halides is 2. The summed E-state index contributed by atoms with van der Waals surface area (Å²) >= 11 is 0. The number of hydrogen-bond acceptors (Lipinski definition) is 2. The highest BCUT2D eigenvalue weighted by atomic mass is 19.3. The van der Waals surface area contributed by atoms with Gasteiger partial charge in [0.15, 0.2) is 6.61 Å². The highest BCUT2D eigenvalue weighted by molar-refractivity contribution is 5.71. The molecule has 0 heterocycles. The van der Waals surface area contributed by atoms with Gasteiger partial charge in [-0.2, -0.15) is 0 Å². The predicted molar refractivity (Wildman–Crippen MR) is 50.2 cm³/mol. The normalized spacial score (nSPS) is 14.2. The Labute approximate surface area is 83.6 Å². The second-order valence-corrected chi connectivity index (χ2v) is 3.83. The molecular weight excluding hydrogens is 190 g/mol. The van der Waals surface area contributed by atoms with Gasteiger partial charge in [-0.25, -0.2) is 8.78 Å². The minimum atomic E-state index is -2.93. The SMILES string of the molecule is CCC(C)C(=O)OCC(F)(F)C(C)C. The molecule has 84 valence electrons. The third-order valence-corrected chi connectivity index (χ3v) is 2.27. The van der Waals surface area contributed by atoms with Gasteiger partial charge >= 0.3 is 5.97 Å². The Balaban J connectivity index is 4.00.